The molecule has 1 aliphatic heterocycles. The fourth-order valence-corrected chi connectivity index (χ4v) is 2.68. The minimum Gasteiger partial charge on any atom is -0.486 e. The molecule has 6 heteroatoms. The van der Waals surface area contributed by atoms with Crippen molar-refractivity contribution in [3.63, 3.8) is 0 Å². The summed E-state index contributed by atoms with van der Waals surface area (Å²) in [5.41, 5.74) is 2.99. The third-order valence-corrected chi connectivity index (χ3v) is 4.05. The normalized spacial score (nSPS) is 13.3. The minimum atomic E-state index is 0.581. The van der Waals surface area contributed by atoms with Crippen LogP contribution in [-0.4, -0.2) is 23.2 Å². The number of H-pyrrole nitrogens is 1. The van der Waals surface area contributed by atoms with Gasteiger partial charge in [-0.15, -0.1) is 0 Å². The zero-order valence-corrected chi connectivity index (χ0v) is 13.3. The Kier molecular flexibility index (Phi) is 3.38. The topological polar surface area (TPSA) is 59.2 Å². The van der Waals surface area contributed by atoms with E-state index in [9.17, 15) is 0 Å². The Labute approximate surface area is 135 Å². The number of halogens is 1. The van der Waals surface area contributed by atoms with Crippen molar-refractivity contribution in [1.29, 1.82) is 0 Å². The Balaban J connectivity index is 1.56. The van der Waals surface area contributed by atoms with Crippen LogP contribution in [-0.2, 0) is 6.54 Å². The molecule has 0 saturated carbocycles. The summed E-state index contributed by atoms with van der Waals surface area (Å²) in [6, 6.07) is 12.0. The van der Waals surface area contributed by atoms with E-state index in [0.717, 1.165) is 33.0 Å². The van der Waals surface area contributed by atoms with Crippen LogP contribution in [0.4, 0.5) is 5.95 Å². The van der Waals surface area contributed by atoms with Crippen LogP contribution < -0.4 is 14.8 Å². The van der Waals surface area contributed by atoms with Crippen molar-refractivity contribution in [2.45, 2.75) is 6.54 Å². The zero-order valence-electron chi connectivity index (χ0n) is 11.7. The van der Waals surface area contributed by atoms with Crippen LogP contribution in [0.25, 0.3) is 11.0 Å². The largest absolute Gasteiger partial charge is 0.486 e. The molecule has 0 aliphatic carbocycles. The fourth-order valence-electron chi connectivity index (χ4n) is 2.42. The van der Waals surface area contributed by atoms with Crippen LogP contribution in [0, 0.1) is 0 Å². The Morgan fingerprint density at radius 1 is 1.09 bits per heavy atom. The Morgan fingerprint density at radius 3 is 2.59 bits per heavy atom. The van der Waals surface area contributed by atoms with Crippen LogP contribution in [0.5, 0.6) is 11.5 Å². The molecule has 5 nitrogen and oxygen atoms in total. The van der Waals surface area contributed by atoms with Crippen molar-refractivity contribution in [2.24, 2.45) is 0 Å². The molecule has 0 atom stereocenters. The third kappa shape index (κ3) is 2.62. The lowest BCUT2D eigenvalue weighted by atomic mass is 10.2. The van der Waals surface area contributed by atoms with E-state index in [1.807, 2.05) is 24.3 Å². The molecule has 0 saturated heterocycles. The average Bonchev–Trinajstić information content (AvgIpc) is 2.93. The first kappa shape index (κ1) is 13.5. The van der Waals surface area contributed by atoms with E-state index < -0.39 is 0 Å². The molecule has 112 valence electrons. The number of ether oxygens (including phenoxy) is 2. The standard InChI is InChI=1S/C16H14BrN3O2/c17-11-3-1-10(2-4-11)9-18-16-19-12-7-14-15(8-13(12)20-16)22-6-5-21-14/h1-4,7-8H,5-6,9H2,(H2,18,19,20). The molecule has 1 aromatic heterocycles. The summed E-state index contributed by atoms with van der Waals surface area (Å²) in [6.07, 6.45) is 0. The molecule has 2 aromatic carbocycles. The first-order chi connectivity index (χ1) is 10.8. The highest BCUT2D eigenvalue weighted by Crippen LogP contribution is 2.34. The Bertz CT molecular complexity index is 771. The van der Waals surface area contributed by atoms with E-state index in [1.165, 1.54) is 5.56 Å². The molecule has 0 amide bonds. The van der Waals surface area contributed by atoms with E-state index in [-0.39, 0.29) is 0 Å². The SMILES string of the molecule is Brc1ccc(CNc2nc3cc4c(cc3[nH]2)OCCO4)cc1. The predicted molar refractivity (Wildman–Crippen MR) is 88.6 cm³/mol. The molecule has 0 unspecified atom stereocenters. The van der Waals surface area contributed by atoms with Crippen molar-refractivity contribution in [2.75, 3.05) is 18.5 Å². The molecule has 4 rings (SSSR count). The number of hydrogen-bond acceptors (Lipinski definition) is 4. The summed E-state index contributed by atoms with van der Waals surface area (Å²) in [5.74, 6) is 2.26. The number of rotatable bonds is 3. The van der Waals surface area contributed by atoms with E-state index >= 15 is 0 Å². The highest BCUT2D eigenvalue weighted by molar-refractivity contribution is 9.10. The lowest BCUT2D eigenvalue weighted by Crippen LogP contribution is -2.15. The number of anilines is 1. The van der Waals surface area contributed by atoms with Crippen molar-refractivity contribution in [3.8, 4) is 11.5 Å². The molecule has 0 fully saturated rings. The fraction of sp³-hybridized carbons (Fsp3) is 0.188. The van der Waals surface area contributed by atoms with Crippen LogP contribution in [0.3, 0.4) is 0 Å². The van der Waals surface area contributed by atoms with E-state index in [2.05, 4.69) is 43.3 Å². The molecule has 0 radical (unpaired) electrons. The first-order valence-corrected chi connectivity index (χ1v) is 7.85. The highest BCUT2D eigenvalue weighted by Gasteiger charge is 2.14. The number of nitrogens with zero attached hydrogens (tertiary/aromatic N) is 1. The molecule has 3 aromatic rings. The summed E-state index contributed by atoms with van der Waals surface area (Å²) in [5, 5.41) is 3.30. The maximum Gasteiger partial charge on any atom is 0.201 e. The van der Waals surface area contributed by atoms with Gasteiger partial charge in [0.15, 0.2) is 11.5 Å². The van der Waals surface area contributed by atoms with E-state index in [1.54, 1.807) is 0 Å². The van der Waals surface area contributed by atoms with E-state index in [4.69, 9.17) is 9.47 Å². The lowest BCUT2D eigenvalue weighted by Gasteiger charge is -2.17. The van der Waals surface area contributed by atoms with Crippen molar-refractivity contribution in [1.82, 2.24) is 9.97 Å². The Morgan fingerprint density at radius 2 is 1.82 bits per heavy atom. The van der Waals surface area contributed by atoms with E-state index in [0.29, 0.717) is 19.8 Å². The second-order valence-corrected chi connectivity index (χ2v) is 5.99. The third-order valence-electron chi connectivity index (χ3n) is 3.52. The van der Waals surface area contributed by atoms with Gasteiger partial charge < -0.3 is 19.8 Å². The summed E-state index contributed by atoms with van der Waals surface area (Å²) >= 11 is 3.43. The quantitative estimate of drug-likeness (QED) is 0.748. The summed E-state index contributed by atoms with van der Waals surface area (Å²) in [4.78, 5) is 7.80. The number of aromatic nitrogens is 2. The van der Waals surface area contributed by atoms with Crippen molar-refractivity contribution >= 4 is 32.9 Å². The average molecular weight is 360 g/mol. The highest BCUT2D eigenvalue weighted by atomic mass is 79.9. The number of fused-ring (bicyclic) bond motifs is 2. The zero-order chi connectivity index (χ0) is 14.9. The molecular formula is C16H14BrN3O2. The molecule has 2 heterocycles. The van der Waals surface area contributed by atoms with Gasteiger partial charge in [-0.25, -0.2) is 4.98 Å². The second-order valence-electron chi connectivity index (χ2n) is 5.08. The predicted octanol–water partition coefficient (Wildman–Crippen LogP) is 3.71. The second kappa shape index (κ2) is 5.53. The Hall–Kier alpha value is -2.21. The first-order valence-electron chi connectivity index (χ1n) is 7.05. The van der Waals surface area contributed by atoms with Gasteiger partial charge in [-0.1, -0.05) is 28.1 Å². The van der Waals surface area contributed by atoms with Gasteiger partial charge >= 0.3 is 0 Å². The molecule has 0 bridgehead atoms. The van der Waals surface area contributed by atoms with Gasteiger partial charge in [0.1, 0.15) is 13.2 Å². The summed E-state index contributed by atoms with van der Waals surface area (Å²) in [7, 11) is 0. The van der Waals surface area contributed by atoms with Gasteiger partial charge in [0, 0.05) is 23.2 Å². The van der Waals surface area contributed by atoms with Gasteiger partial charge in [-0.3, -0.25) is 0 Å². The molecule has 22 heavy (non-hydrogen) atoms. The minimum absolute atomic E-state index is 0.581. The van der Waals surface area contributed by atoms with Crippen LogP contribution >= 0.6 is 15.9 Å². The summed E-state index contributed by atoms with van der Waals surface area (Å²) < 4.78 is 12.2. The number of aromatic amines is 1. The van der Waals surface area contributed by atoms with Gasteiger partial charge in [0.25, 0.3) is 0 Å². The molecule has 1 aliphatic rings. The lowest BCUT2D eigenvalue weighted by molar-refractivity contribution is 0.172. The van der Waals surface area contributed by atoms with Crippen LogP contribution in [0.2, 0.25) is 0 Å². The molecule has 0 spiro atoms. The van der Waals surface area contributed by atoms with Gasteiger partial charge in [-0.2, -0.15) is 0 Å². The number of nitrogens with one attached hydrogen (secondary N) is 2. The maximum atomic E-state index is 5.58. The molecular weight excluding hydrogens is 346 g/mol. The van der Waals surface area contributed by atoms with Crippen LogP contribution in [0.15, 0.2) is 40.9 Å². The maximum absolute atomic E-state index is 5.58. The van der Waals surface area contributed by atoms with Crippen molar-refractivity contribution in [3.05, 3.63) is 46.4 Å². The number of benzene rings is 2. The summed E-state index contributed by atoms with van der Waals surface area (Å²) in [6.45, 7) is 1.87. The smallest absolute Gasteiger partial charge is 0.201 e. The van der Waals surface area contributed by atoms with Gasteiger partial charge in [0.05, 0.1) is 11.0 Å². The van der Waals surface area contributed by atoms with Crippen molar-refractivity contribution < 1.29 is 9.47 Å². The van der Waals surface area contributed by atoms with Crippen LogP contribution in [0.1, 0.15) is 5.56 Å². The molecule has 2 N–H and O–H groups in total. The monoisotopic (exact) mass is 359 g/mol. The van der Waals surface area contributed by atoms with Gasteiger partial charge in [0.2, 0.25) is 5.95 Å². The number of imidazole rings is 1. The number of hydrogen-bond donors (Lipinski definition) is 2. The van der Waals surface area contributed by atoms with Gasteiger partial charge in [-0.05, 0) is 17.7 Å².